The Morgan fingerprint density at radius 3 is 2.86 bits per heavy atom. The fraction of sp³-hybridized carbons (Fsp3) is 0.667. The fourth-order valence-corrected chi connectivity index (χ4v) is 4.56. The third-order valence-electron chi connectivity index (χ3n) is 6.22. The molecule has 3 saturated heterocycles. The molecule has 3 fully saturated rings. The second-order valence-electron chi connectivity index (χ2n) is 8.35. The zero-order chi connectivity index (χ0) is 19.7. The van der Waals surface area contributed by atoms with Crippen LogP contribution < -0.4 is 0 Å². The van der Waals surface area contributed by atoms with Crippen molar-refractivity contribution in [3.63, 3.8) is 0 Å². The number of H-pyrrole nitrogens is 1. The first-order valence-corrected chi connectivity index (χ1v) is 10.5. The molecule has 1 N–H and O–H groups in total. The Balaban J connectivity index is 1.45. The number of rotatable bonds is 7. The number of nitrogens with zero attached hydrogens (tertiary/aromatic N) is 4. The first-order chi connectivity index (χ1) is 13.5. The first kappa shape index (κ1) is 19.2. The number of aryl methyl sites for hydroxylation is 3. The summed E-state index contributed by atoms with van der Waals surface area (Å²) in [7, 11) is 0. The van der Waals surface area contributed by atoms with Gasteiger partial charge in [0.1, 0.15) is 11.6 Å². The topological polar surface area (TPSA) is 78.3 Å². The maximum Gasteiger partial charge on any atom is 0.227 e. The summed E-state index contributed by atoms with van der Waals surface area (Å²) in [5.74, 6) is 2.26. The van der Waals surface area contributed by atoms with Gasteiger partial charge in [-0.1, -0.05) is 18.5 Å². The van der Waals surface area contributed by atoms with Gasteiger partial charge in [0.15, 0.2) is 0 Å². The Kier molecular flexibility index (Phi) is 5.53. The molecular weight excluding hydrogens is 354 g/mol. The number of fused-ring (bicyclic) bond motifs is 4. The van der Waals surface area contributed by atoms with Crippen LogP contribution in [0.4, 0.5) is 0 Å². The van der Waals surface area contributed by atoms with Crippen LogP contribution in [-0.2, 0) is 24.3 Å². The number of aromatic nitrogens is 3. The molecule has 5 heterocycles. The number of aromatic amines is 1. The van der Waals surface area contributed by atoms with Crippen molar-refractivity contribution in [3.8, 4) is 0 Å². The lowest BCUT2D eigenvalue weighted by atomic mass is 9.93. The average Bonchev–Trinajstić information content (AvgIpc) is 3.14. The number of amides is 1. The van der Waals surface area contributed by atoms with Gasteiger partial charge >= 0.3 is 0 Å². The number of imidazole rings is 1. The molecule has 152 valence electrons. The normalized spacial score (nSPS) is 22.8. The van der Waals surface area contributed by atoms with Crippen molar-refractivity contribution in [1.29, 1.82) is 0 Å². The second kappa shape index (κ2) is 8.07. The molecule has 3 aliphatic heterocycles. The minimum atomic E-state index is 0.0849. The van der Waals surface area contributed by atoms with Crippen molar-refractivity contribution < 1.29 is 9.32 Å². The molecular formula is C21H31N5O2. The van der Waals surface area contributed by atoms with E-state index in [2.05, 4.69) is 31.8 Å². The van der Waals surface area contributed by atoms with Crippen LogP contribution in [0.25, 0.3) is 0 Å². The summed E-state index contributed by atoms with van der Waals surface area (Å²) in [6, 6.07) is 0.252. The van der Waals surface area contributed by atoms with E-state index in [9.17, 15) is 4.79 Å². The molecule has 0 saturated carbocycles. The van der Waals surface area contributed by atoms with Gasteiger partial charge in [0, 0.05) is 49.6 Å². The van der Waals surface area contributed by atoms with E-state index in [1.807, 2.05) is 20.0 Å². The van der Waals surface area contributed by atoms with Gasteiger partial charge < -0.3 is 14.4 Å². The van der Waals surface area contributed by atoms with Crippen LogP contribution in [0, 0.1) is 19.8 Å². The number of carbonyl (C=O) groups excluding carboxylic acids is 1. The lowest BCUT2D eigenvalue weighted by Gasteiger charge is -2.36. The van der Waals surface area contributed by atoms with E-state index in [1.54, 1.807) is 0 Å². The fourth-order valence-electron chi connectivity index (χ4n) is 4.56. The van der Waals surface area contributed by atoms with E-state index in [1.165, 1.54) is 6.42 Å². The average molecular weight is 386 g/mol. The quantitative estimate of drug-likeness (QED) is 0.793. The molecule has 0 aromatic carbocycles. The zero-order valence-electron chi connectivity index (χ0n) is 17.2. The molecule has 3 aliphatic rings. The minimum absolute atomic E-state index is 0.0849. The van der Waals surface area contributed by atoms with E-state index in [0.29, 0.717) is 6.54 Å². The minimum Gasteiger partial charge on any atom is -0.361 e. The molecule has 0 radical (unpaired) electrons. The first-order valence-electron chi connectivity index (χ1n) is 10.5. The smallest absolute Gasteiger partial charge is 0.227 e. The molecule has 2 bridgehead atoms. The largest absolute Gasteiger partial charge is 0.361 e. The summed E-state index contributed by atoms with van der Waals surface area (Å²) < 4.78 is 5.30. The summed E-state index contributed by atoms with van der Waals surface area (Å²) in [4.78, 5) is 25.6. The van der Waals surface area contributed by atoms with Gasteiger partial charge in [0.2, 0.25) is 5.91 Å². The number of carbonyl (C=O) groups is 1. The Labute approximate surface area is 166 Å². The number of hydrogen-bond acceptors (Lipinski definition) is 5. The van der Waals surface area contributed by atoms with E-state index in [-0.39, 0.29) is 17.9 Å². The third kappa shape index (κ3) is 3.85. The Morgan fingerprint density at radius 1 is 1.25 bits per heavy atom. The molecule has 2 aromatic rings. The molecule has 2 atom stereocenters. The second-order valence-corrected chi connectivity index (χ2v) is 8.35. The van der Waals surface area contributed by atoms with Crippen molar-refractivity contribution in [2.75, 3.05) is 13.1 Å². The highest BCUT2D eigenvalue weighted by atomic mass is 16.5. The number of hydrogen-bond donors (Lipinski definition) is 1. The Bertz CT molecular complexity index is 807. The summed E-state index contributed by atoms with van der Waals surface area (Å²) in [5, 5.41) is 4.05. The van der Waals surface area contributed by atoms with Crippen molar-refractivity contribution in [3.05, 3.63) is 34.7 Å². The molecule has 0 unspecified atom stereocenters. The molecule has 1 amide bonds. The SMILES string of the molecule is CCCCc1ncc(CN2C[C@@H]3CC[C@H](C2)N(Cc2c(C)noc2C)C3=O)[nH]1. The highest BCUT2D eigenvalue weighted by Crippen LogP contribution is 2.32. The van der Waals surface area contributed by atoms with Crippen molar-refractivity contribution in [1.82, 2.24) is 24.9 Å². The standard InChI is InChI=1S/C21H31N5O2/c1-4-5-6-20-22-9-17(23-20)11-25-10-16-7-8-18(12-25)26(21(16)27)13-19-14(2)24-28-15(19)3/h9,16,18H,4-8,10-13H2,1-3H3,(H,22,23)/t16-,18+/m0/s1. The van der Waals surface area contributed by atoms with Gasteiger partial charge in [-0.05, 0) is 33.1 Å². The van der Waals surface area contributed by atoms with Crippen LogP contribution in [0.2, 0.25) is 0 Å². The number of unbranched alkanes of at least 4 members (excludes halogenated alkanes) is 1. The van der Waals surface area contributed by atoms with Crippen LogP contribution in [0.5, 0.6) is 0 Å². The van der Waals surface area contributed by atoms with Gasteiger partial charge in [0.25, 0.3) is 0 Å². The monoisotopic (exact) mass is 385 g/mol. The van der Waals surface area contributed by atoms with Gasteiger partial charge in [0.05, 0.1) is 18.2 Å². The predicted molar refractivity (Wildman–Crippen MR) is 106 cm³/mol. The predicted octanol–water partition coefficient (Wildman–Crippen LogP) is 2.98. The van der Waals surface area contributed by atoms with Crippen LogP contribution in [0.1, 0.15) is 61.1 Å². The molecule has 28 heavy (non-hydrogen) atoms. The number of nitrogens with one attached hydrogen (secondary N) is 1. The lowest BCUT2D eigenvalue weighted by Crippen LogP contribution is -2.47. The molecule has 7 heteroatoms. The third-order valence-corrected chi connectivity index (χ3v) is 6.22. The molecule has 5 rings (SSSR count). The maximum atomic E-state index is 13.1. The zero-order valence-corrected chi connectivity index (χ0v) is 17.2. The van der Waals surface area contributed by atoms with E-state index >= 15 is 0 Å². The Hall–Kier alpha value is -2.15. The van der Waals surface area contributed by atoms with E-state index in [4.69, 9.17) is 4.52 Å². The maximum absolute atomic E-state index is 13.1. The summed E-state index contributed by atoms with van der Waals surface area (Å²) in [5.41, 5.74) is 3.10. The number of piperidine rings is 1. The summed E-state index contributed by atoms with van der Waals surface area (Å²) >= 11 is 0. The van der Waals surface area contributed by atoms with Gasteiger partial charge in [-0.2, -0.15) is 0 Å². The van der Waals surface area contributed by atoms with Gasteiger partial charge in [-0.25, -0.2) is 4.98 Å². The van der Waals surface area contributed by atoms with Crippen LogP contribution >= 0.6 is 0 Å². The van der Waals surface area contributed by atoms with Gasteiger partial charge in [-0.3, -0.25) is 9.69 Å². The highest BCUT2D eigenvalue weighted by Gasteiger charge is 2.41. The van der Waals surface area contributed by atoms with Gasteiger partial charge in [-0.15, -0.1) is 0 Å². The van der Waals surface area contributed by atoms with Crippen LogP contribution in [-0.4, -0.2) is 50.0 Å². The van der Waals surface area contributed by atoms with Crippen LogP contribution in [0.3, 0.4) is 0 Å². The van der Waals surface area contributed by atoms with E-state index < -0.39 is 0 Å². The van der Waals surface area contributed by atoms with Crippen molar-refractivity contribution in [2.24, 2.45) is 5.92 Å². The van der Waals surface area contributed by atoms with Crippen molar-refractivity contribution in [2.45, 2.75) is 72.0 Å². The van der Waals surface area contributed by atoms with Crippen LogP contribution in [0.15, 0.2) is 10.7 Å². The molecule has 2 aromatic heterocycles. The van der Waals surface area contributed by atoms with E-state index in [0.717, 1.165) is 73.9 Å². The van der Waals surface area contributed by atoms with Crippen molar-refractivity contribution >= 4 is 5.91 Å². The summed E-state index contributed by atoms with van der Waals surface area (Å²) in [6.07, 6.45) is 7.36. The highest BCUT2D eigenvalue weighted by molar-refractivity contribution is 5.80. The Morgan fingerprint density at radius 2 is 2.11 bits per heavy atom. The molecule has 7 nitrogen and oxygen atoms in total. The molecule has 0 spiro atoms. The lowest BCUT2D eigenvalue weighted by molar-refractivity contribution is -0.140. The summed E-state index contributed by atoms with van der Waals surface area (Å²) in [6.45, 7) is 9.26. The molecule has 0 aliphatic carbocycles.